The number of ketones is 1. The number of hydroxylamine groups is 2. The number of hydrogen-bond donors (Lipinski definition) is 3. The van der Waals surface area contributed by atoms with Gasteiger partial charge >= 0.3 is 16.4 Å². The van der Waals surface area contributed by atoms with E-state index < -0.39 is 58.2 Å². The van der Waals surface area contributed by atoms with Crippen LogP contribution in [0.25, 0.3) is 0 Å². The Bertz CT molecular complexity index is 1030. The number of aliphatic carboxylic acids is 1. The van der Waals surface area contributed by atoms with Crippen LogP contribution in [-0.2, 0) is 33.9 Å². The van der Waals surface area contributed by atoms with Crippen molar-refractivity contribution in [2.75, 3.05) is 12.3 Å². The number of anilines is 1. The van der Waals surface area contributed by atoms with Gasteiger partial charge in [0.2, 0.25) is 6.58 Å². The van der Waals surface area contributed by atoms with Gasteiger partial charge in [-0.05, 0) is 13.8 Å². The van der Waals surface area contributed by atoms with Crippen molar-refractivity contribution in [3.8, 4) is 0 Å². The predicted molar refractivity (Wildman–Crippen MR) is 93.3 cm³/mol. The average molecular weight is 438 g/mol. The van der Waals surface area contributed by atoms with Crippen molar-refractivity contribution in [2.45, 2.75) is 25.8 Å². The third-order valence-electron chi connectivity index (χ3n) is 3.52. The minimum atomic E-state index is -5.06. The van der Waals surface area contributed by atoms with Gasteiger partial charge in [0.25, 0.3) is 5.91 Å². The van der Waals surface area contributed by atoms with Gasteiger partial charge in [-0.2, -0.15) is 13.5 Å². The van der Waals surface area contributed by atoms with Crippen LogP contribution in [0.5, 0.6) is 0 Å². The number of oxime groups is 1. The lowest BCUT2D eigenvalue weighted by Crippen LogP contribution is -2.68. The van der Waals surface area contributed by atoms with Crippen molar-refractivity contribution >= 4 is 50.2 Å². The molecule has 2 atom stereocenters. The highest BCUT2D eigenvalue weighted by molar-refractivity contribution is 7.80. The summed E-state index contributed by atoms with van der Waals surface area (Å²) >= 11 is 0.914. The zero-order valence-corrected chi connectivity index (χ0v) is 16.0. The first-order valence-corrected chi connectivity index (χ1v) is 9.50. The summed E-state index contributed by atoms with van der Waals surface area (Å²) in [6.45, 7) is 0.283. The molecule has 2 heterocycles. The smallest absolute Gasteiger partial charge is 0.418 e. The standard InChI is InChI=1S/C13H16N4O9S2/c1-13(2)6(11(21)17(13)26-28(22,23)24)3-8(18)10(16-25-4-9(19)20)7-5-27-12(14)15-7/h5-6H,3-4H2,1-2H3,(H2,14,15)(H,19,20)(H,22,23,24)/b16-10-/t6-/m1/s1/i4D,6D/t4-,6+/m0. The number of carbonyl (C=O) groups is 3. The Balaban J connectivity index is 2.32. The van der Waals surface area contributed by atoms with Crippen LogP contribution in [0.2, 0.25) is 0 Å². The van der Waals surface area contributed by atoms with E-state index in [0.717, 1.165) is 11.3 Å². The number of nitrogens with zero attached hydrogens (tertiary/aromatic N) is 3. The Hall–Kier alpha value is -2.62. The van der Waals surface area contributed by atoms with Crippen molar-refractivity contribution in [1.29, 1.82) is 0 Å². The highest BCUT2D eigenvalue weighted by atomic mass is 32.3. The van der Waals surface area contributed by atoms with E-state index in [4.69, 9.17) is 18.1 Å². The molecule has 15 heteroatoms. The minimum Gasteiger partial charge on any atom is -0.479 e. The summed E-state index contributed by atoms with van der Waals surface area (Å²) in [6, 6.07) is 0. The number of nitrogens with two attached hydrogens (primary N) is 1. The molecule has 2 rings (SSSR count). The lowest BCUT2D eigenvalue weighted by Gasteiger charge is -2.50. The molecule has 1 aliphatic rings. The molecule has 1 saturated heterocycles. The van der Waals surface area contributed by atoms with E-state index in [9.17, 15) is 22.8 Å². The lowest BCUT2D eigenvalue weighted by molar-refractivity contribution is -0.228. The van der Waals surface area contributed by atoms with Crippen LogP contribution in [0.3, 0.4) is 0 Å². The number of amides is 1. The van der Waals surface area contributed by atoms with Gasteiger partial charge in [0.15, 0.2) is 16.6 Å². The van der Waals surface area contributed by atoms with Gasteiger partial charge in [-0.1, -0.05) is 5.16 Å². The largest absolute Gasteiger partial charge is 0.479 e. The number of carboxylic acids is 1. The molecule has 0 spiro atoms. The number of β-lactam (4-membered cyclic amide) rings is 1. The maximum Gasteiger partial charge on any atom is 0.418 e. The molecule has 0 bridgehead atoms. The first kappa shape index (κ1) is 18.7. The second-order valence-electron chi connectivity index (χ2n) is 5.81. The maximum absolute atomic E-state index is 12.8. The summed E-state index contributed by atoms with van der Waals surface area (Å²) in [4.78, 5) is 44.1. The fraction of sp³-hybridized carbons (Fsp3) is 0.462. The summed E-state index contributed by atoms with van der Waals surface area (Å²) < 4.78 is 50.2. The number of carboxylic acid groups (broad SMARTS) is 1. The fourth-order valence-electron chi connectivity index (χ4n) is 2.23. The summed E-state index contributed by atoms with van der Waals surface area (Å²) in [5.74, 6) is -6.15. The maximum atomic E-state index is 12.8. The van der Waals surface area contributed by atoms with Gasteiger partial charge in [0.1, 0.15) is 5.69 Å². The third-order valence-corrected chi connectivity index (χ3v) is 4.53. The molecule has 0 unspecified atom stereocenters. The van der Waals surface area contributed by atoms with Crippen molar-refractivity contribution < 1.29 is 44.3 Å². The topological polar surface area (TPSA) is 199 Å². The number of hydrogen-bond acceptors (Lipinski definition) is 11. The molecule has 0 aromatic carbocycles. The van der Waals surface area contributed by atoms with Gasteiger partial charge in [-0.3, -0.25) is 14.1 Å². The summed E-state index contributed by atoms with van der Waals surface area (Å²) in [7, 11) is -5.06. The quantitative estimate of drug-likeness (QED) is 0.193. The molecule has 1 fully saturated rings. The SMILES string of the molecule is [2H][C@H](O/N=C(\C(=O)C[C@]1([2H])C(=O)N(OS(=O)(=O)O)C1(C)C)c1csc(N)n1)C(=O)O. The van der Waals surface area contributed by atoms with Crippen LogP contribution in [-0.4, -0.2) is 63.6 Å². The van der Waals surface area contributed by atoms with Crippen LogP contribution >= 0.6 is 11.3 Å². The number of rotatable bonds is 9. The van der Waals surface area contributed by atoms with Crippen LogP contribution in [0.4, 0.5) is 5.13 Å². The minimum absolute atomic E-state index is 0.0273. The van der Waals surface area contributed by atoms with E-state index in [0.29, 0.717) is 0 Å². The number of Topliss-reactive ketones (excluding diaryl/α,β-unsaturated/α-hetero) is 1. The molecular formula is C13H16N4O9S2. The Morgan fingerprint density at radius 2 is 2.21 bits per heavy atom. The highest BCUT2D eigenvalue weighted by Gasteiger charge is 2.57. The Morgan fingerprint density at radius 1 is 1.57 bits per heavy atom. The molecular weight excluding hydrogens is 420 g/mol. The number of nitrogen functional groups attached to an aromatic ring is 1. The molecule has 1 aromatic rings. The summed E-state index contributed by atoms with van der Waals surface area (Å²) in [5.41, 5.74) is 3.09. The first-order chi connectivity index (χ1) is 13.6. The zero-order chi connectivity index (χ0) is 23.1. The van der Waals surface area contributed by atoms with E-state index >= 15 is 0 Å². The Morgan fingerprint density at radius 3 is 2.68 bits per heavy atom. The van der Waals surface area contributed by atoms with E-state index in [1.165, 1.54) is 19.2 Å². The van der Waals surface area contributed by atoms with Gasteiger partial charge in [0.05, 0.1) is 12.8 Å². The van der Waals surface area contributed by atoms with Crippen LogP contribution in [0.15, 0.2) is 10.5 Å². The van der Waals surface area contributed by atoms with Crippen molar-refractivity contribution in [1.82, 2.24) is 10.0 Å². The average Bonchev–Trinajstić information content (AvgIpc) is 3.03. The molecule has 0 radical (unpaired) electrons. The molecule has 28 heavy (non-hydrogen) atoms. The summed E-state index contributed by atoms with van der Waals surface area (Å²) in [6.07, 6.45) is -0.862. The zero-order valence-electron chi connectivity index (χ0n) is 16.3. The molecule has 0 aliphatic carbocycles. The van der Waals surface area contributed by atoms with E-state index in [1.54, 1.807) is 0 Å². The van der Waals surface area contributed by atoms with Gasteiger partial charge in [-0.25, -0.2) is 9.78 Å². The highest BCUT2D eigenvalue weighted by Crippen LogP contribution is 2.40. The van der Waals surface area contributed by atoms with E-state index in [1.807, 2.05) is 0 Å². The monoisotopic (exact) mass is 438 g/mol. The molecule has 13 nitrogen and oxygen atoms in total. The Labute approximate surface area is 165 Å². The van der Waals surface area contributed by atoms with Crippen molar-refractivity contribution in [3.63, 3.8) is 0 Å². The molecule has 1 aromatic heterocycles. The lowest BCUT2D eigenvalue weighted by atomic mass is 9.74. The normalized spacial score (nSPS) is 24.0. The van der Waals surface area contributed by atoms with E-state index in [-0.39, 0.29) is 15.9 Å². The van der Waals surface area contributed by atoms with Crippen molar-refractivity contribution in [3.05, 3.63) is 11.1 Å². The van der Waals surface area contributed by atoms with Gasteiger partial charge in [-0.15, -0.1) is 15.6 Å². The van der Waals surface area contributed by atoms with Gasteiger partial charge < -0.3 is 15.7 Å². The molecule has 154 valence electrons. The Kier molecular flexibility index (Phi) is 5.21. The first-order valence-electron chi connectivity index (χ1n) is 8.33. The van der Waals surface area contributed by atoms with Gasteiger partial charge in [0, 0.05) is 13.2 Å². The molecule has 1 amide bonds. The van der Waals surface area contributed by atoms with E-state index in [2.05, 4.69) is 19.3 Å². The predicted octanol–water partition coefficient (Wildman–Crippen LogP) is -0.539. The number of aromatic nitrogens is 1. The fourth-order valence-corrected chi connectivity index (χ4v) is 3.22. The van der Waals surface area contributed by atoms with Crippen LogP contribution < -0.4 is 5.73 Å². The van der Waals surface area contributed by atoms with Crippen LogP contribution in [0.1, 0.15) is 28.7 Å². The third kappa shape index (κ3) is 4.80. The second kappa shape index (κ2) is 7.78. The number of carbonyl (C=O) groups excluding carboxylic acids is 2. The summed E-state index contributed by atoms with van der Waals surface area (Å²) in [5, 5.41) is 13.6. The van der Waals surface area contributed by atoms with Crippen LogP contribution in [0, 0.1) is 5.89 Å². The van der Waals surface area contributed by atoms with Crippen molar-refractivity contribution in [2.24, 2.45) is 11.0 Å². The molecule has 1 aliphatic heterocycles. The molecule has 0 saturated carbocycles. The second-order valence-corrected chi connectivity index (χ2v) is 7.71. The molecule has 4 N–H and O–H groups in total. The number of thiazole rings is 1.